The first kappa shape index (κ1) is 13.7. The van der Waals surface area contributed by atoms with Crippen LogP contribution in [0.25, 0.3) is 0 Å². The van der Waals surface area contributed by atoms with E-state index in [9.17, 15) is 13.2 Å². The Morgan fingerprint density at radius 1 is 1.38 bits per heavy atom. The first-order valence-corrected chi connectivity index (χ1v) is 6.44. The van der Waals surface area contributed by atoms with Crippen molar-refractivity contribution < 1.29 is 13.2 Å². The zero-order chi connectivity index (χ0) is 12.0. The van der Waals surface area contributed by atoms with Crippen molar-refractivity contribution in [3.05, 3.63) is 0 Å². The standard InChI is InChI=1S/C10H15F3N2S/c11-10(12,13)9(5-14)7-15-6-8-1-3-16-4-2-8/h8-9,15H,1-4,6-7H2. The van der Waals surface area contributed by atoms with Crippen LogP contribution in [0.1, 0.15) is 12.8 Å². The minimum Gasteiger partial charge on any atom is -0.315 e. The van der Waals surface area contributed by atoms with Crippen LogP contribution in [0.15, 0.2) is 0 Å². The molecule has 0 spiro atoms. The zero-order valence-electron chi connectivity index (χ0n) is 8.89. The molecule has 1 N–H and O–H groups in total. The molecule has 16 heavy (non-hydrogen) atoms. The molecule has 0 aromatic carbocycles. The first-order valence-electron chi connectivity index (χ1n) is 5.29. The van der Waals surface area contributed by atoms with Crippen molar-refractivity contribution >= 4 is 11.8 Å². The van der Waals surface area contributed by atoms with Gasteiger partial charge in [0, 0.05) is 6.54 Å². The molecule has 0 amide bonds. The molecular formula is C10H15F3N2S. The highest BCUT2D eigenvalue weighted by molar-refractivity contribution is 7.99. The molecule has 0 aromatic rings. The lowest BCUT2D eigenvalue weighted by Crippen LogP contribution is -2.35. The summed E-state index contributed by atoms with van der Waals surface area (Å²) in [7, 11) is 0. The van der Waals surface area contributed by atoms with Crippen molar-refractivity contribution in [1.29, 1.82) is 5.26 Å². The third-order valence-corrected chi connectivity index (χ3v) is 3.72. The average Bonchev–Trinajstić information content (AvgIpc) is 2.24. The Bertz CT molecular complexity index is 243. The monoisotopic (exact) mass is 252 g/mol. The van der Waals surface area contributed by atoms with Gasteiger partial charge in [0.05, 0.1) is 6.07 Å². The average molecular weight is 252 g/mol. The highest BCUT2D eigenvalue weighted by atomic mass is 32.2. The van der Waals surface area contributed by atoms with Gasteiger partial charge in [0.2, 0.25) is 0 Å². The van der Waals surface area contributed by atoms with E-state index in [2.05, 4.69) is 5.32 Å². The number of hydrogen-bond acceptors (Lipinski definition) is 3. The van der Waals surface area contributed by atoms with Crippen molar-refractivity contribution in [2.45, 2.75) is 19.0 Å². The molecule has 1 saturated heterocycles. The van der Waals surface area contributed by atoms with Crippen LogP contribution in [-0.4, -0.2) is 30.8 Å². The minimum atomic E-state index is -4.41. The van der Waals surface area contributed by atoms with Crippen LogP contribution >= 0.6 is 11.8 Å². The van der Waals surface area contributed by atoms with Gasteiger partial charge in [-0.3, -0.25) is 0 Å². The third kappa shape index (κ3) is 4.62. The Hall–Kier alpha value is -0.410. The maximum absolute atomic E-state index is 12.2. The Balaban J connectivity index is 2.21. The van der Waals surface area contributed by atoms with Crippen molar-refractivity contribution in [1.82, 2.24) is 5.32 Å². The van der Waals surface area contributed by atoms with Crippen LogP contribution in [0.2, 0.25) is 0 Å². The molecule has 1 aliphatic heterocycles. The molecular weight excluding hydrogens is 237 g/mol. The predicted molar refractivity (Wildman–Crippen MR) is 58.1 cm³/mol. The van der Waals surface area contributed by atoms with Gasteiger partial charge < -0.3 is 5.32 Å². The summed E-state index contributed by atoms with van der Waals surface area (Å²) >= 11 is 1.89. The van der Waals surface area contributed by atoms with Gasteiger partial charge in [-0.15, -0.1) is 0 Å². The minimum absolute atomic E-state index is 0.288. The number of alkyl halides is 3. The zero-order valence-corrected chi connectivity index (χ0v) is 9.70. The Morgan fingerprint density at radius 2 is 2.00 bits per heavy atom. The van der Waals surface area contributed by atoms with Crippen LogP contribution in [0, 0.1) is 23.2 Å². The molecule has 1 aliphatic rings. The van der Waals surface area contributed by atoms with Gasteiger partial charge in [0.1, 0.15) is 0 Å². The van der Waals surface area contributed by atoms with Crippen LogP contribution < -0.4 is 5.32 Å². The molecule has 0 bridgehead atoms. The second-order valence-corrected chi connectivity index (χ2v) is 5.16. The summed E-state index contributed by atoms with van der Waals surface area (Å²) in [6.07, 6.45) is -2.30. The number of hydrogen-bond donors (Lipinski definition) is 1. The largest absolute Gasteiger partial charge is 0.405 e. The van der Waals surface area contributed by atoms with Gasteiger partial charge in [0.25, 0.3) is 0 Å². The van der Waals surface area contributed by atoms with Gasteiger partial charge in [-0.1, -0.05) is 0 Å². The van der Waals surface area contributed by atoms with Gasteiger partial charge in [-0.2, -0.15) is 30.2 Å². The van der Waals surface area contributed by atoms with Gasteiger partial charge in [-0.05, 0) is 36.8 Å². The Kier molecular flexibility index (Phi) is 5.42. The molecule has 1 fully saturated rings. The van der Waals surface area contributed by atoms with Crippen molar-refractivity contribution in [2.24, 2.45) is 11.8 Å². The number of nitriles is 1. The molecule has 1 heterocycles. The van der Waals surface area contributed by atoms with E-state index in [0.717, 1.165) is 24.3 Å². The van der Waals surface area contributed by atoms with Crippen molar-refractivity contribution in [3.8, 4) is 6.07 Å². The van der Waals surface area contributed by atoms with Crippen LogP contribution in [0.3, 0.4) is 0 Å². The Morgan fingerprint density at radius 3 is 2.50 bits per heavy atom. The van der Waals surface area contributed by atoms with Gasteiger partial charge >= 0.3 is 6.18 Å². The maximum Gasteiger partial charge on any atom is 0.405 e. The molecule has 0 aromatic heterocycles. The van der Waals surface area contributed by atoms with Gasteiger partial charge in [-0.25, -0.2) is 0 Å². The molecule has 6 heteroatoms. The fourth-order valence-electron chi connectivity index (χ4n) is 1.62. The number of thioether (sulfide) groups is 1. The molecule has 0 saturated carbocycles. The van der Waals surface area contributed by atoms with E-state index in [-0.39, 0.29) is 6.54 Å². The quantitative estimate of drug-likeness (QED) is 0.834. The first-order chi connectivity index (χ1) is 7.54. The smallest absolute Gasteiger partial charge is 0.315 e. The van der Waals surface area contributed by atoms with E-state index in [1.807, 2.05) is 11.8 Å². The third-order valence-electron chi connectivity index (χ3n) is 2.67. The van der Waals surface area contributed by atoms with E-state index >= 15 is 0 Å². The summed E-state index contributed by atoms with van der Waals surface area (Å²) in [6, 6.07) is 1.29. The lowest BCUT2D eigenvalue weighted by Gasteiger charge is -2.22. The molecule has 1 unspecified atom stereocenters. The SMILES string of the molecule is N#CC(CNCC1CCSCC1)C(F)(F)F. The number of nitrogens with one attached hydrogen (secondary N) is 1. The molecule has 0 aliphatic carbocycles. The summed E-state index contributed by atoms with van der Waals surface area (Å²) < 4.78 is 36.7. The molecule has 2 nitrogen and oxygen atoms in total. The summed E-state index contributed by atoms with van der Waals surface area (Å²) in [5.74, 6) is 0.764. The van der Waals surface area contributed by atoms with Gasteiger partial charge in [0.15, 0.2) is 5.92 Å². The highest BCUT2D eigenvalue weighted by Gasteiger charge is 2.39. The number of halogens is 3. The summed E-state index contributed by atoms with van der Waals surface area (Å²) in [5.41, 5.74) is 0. The normalized spacial score (nSPS) is 20.4. The van der Waals surface area contributed by atoms with Crippen molar-refractivity contribution in [2.75, 3.05) is 24.6 Å². The van der Waals surface area contributed by atoms with E-state index in [1.165, 1.54) is 6.07 Å². The van der Waals surface area contributed by atoms with E-state index in [1.54, 1.807) is 0 Å². The Labute approximate surface area is 97.6 Å². The summed E-state index contributed by atoms with van der Waals surface area (Å²) in [5, 5.41) is 11.1. The maximum atomic E-state index is 12.2. The predicted octanol–water partition coefficient (Wildman–Crippen LogP) is 2.42. The fourth-order valence-corrected chi connectivity index (χ4v) is 2.82. The van der Waals surface area contributed by atoms with E-state index in [0.29, 0.717) is 12.5 Å². The molecule has 0 radical (unpaired) electrons. The summed E-state index contributed by atoms with van der Waals surface area (Å²) in [6.45, 7) is 0.304. The fraction of sp³-hybridized carbons (Fsp3) is 0.900. The second kappa shape index (κ2) is 6.36. The lowest BCUT2D eigenvalue weighted by molar-refractivity contribution is -0.157. The van der Waals surface area contributed by atoms with Crippen LogP contribution in [0.4, 0.5) is 13.2 Å². The van der Waals surface area contributed by atoms with E-state index < -0.39 is 12.1 Å². The summed E-state index contributed by atoms with van der Waals surface area (Å²) in [4.78, 5) is 0. The van der Waals surface area contributed by atoms with Crippen LogP contribution in [0.5, 0.6) is 0 Å². The molecule has 1 rings (SSSR count). The molecule has 92 valence electrons. The number of nitrogens with zero attached hydrogens (tertiary/aromatic N) is 1. The van der Waals surface area contributed by atoms with Crippen molar-refractivity contribution in [3.63, 3.8) is 0 Å². The number of rotatable bonds is 4. The van der Waals surface area contributed by atoms with Crippen LogP contribution in [-0.2, 0) is 0 Å². The van der Waals surface area contributed by atoms with E-state index in [4.69, 9.17) is 5.26 Å². The lowest BCUT2D eigenvalue weighted by atomic mass is 10.0. The second-order valence-electron chi connectivity index (χ2n) is 3.94. The molecule has 1 atom stereocenters. The highest BCUT2D eigenvalue weighted by Crippen LogP contribution is 2.25. The topological polar surface area (TPSA) is 35.8 Å².